The number of fused-ring (bicyclic) bond motifs is 1. The third-order valence-electron chi connectivity index (χ3n) is 3.08. The molecule has 1 aliphatic rings. The van der Waals surface area contributed by atoms with Gasteiger partial charge in [0, 0.05) is 9.79 Å². The fourth-order valence-electron chi connectivity index (χ4n) is 2.04. The number of rotatable bonds is 3. The molecule has 96 valence electrons. The van der Waals surface area contributed by atoms with Crippen molar-refractivity contribution in [2.24, 2.45) is 0 Å². The minimum Gasteiger partial charge on any atom is -0.497 e. The van der Waals surface area contributed by atoms with E-state index in [1.54, 1.807) is 18.9 Å². The van der Waals surface area contributed by atoms with Gasteiger partial charge in [0.2, 0.25) is 0 Å². The Kier molecular flexibility index (Phi) is 3.51. The van der Waals surface area contributed by atoms with Crippen LogP contribution in [-0.2, 0) is 11.3 Å². The molecule has 0 aliphatic carbocycles. The Morgan fingerprint density at radius 1 is 1.16 bits per heavy atom. The van der Waals surface area contributed by atoms with E-state index >= 15 is 0 Å². The fraction of sp³-hybridized carbons (Fsp3) is 0.143. The van der Waals surface area contributed by atoms with Crippen LogP contribution in [0.2, 0.25) is 0 Å². The highest BCUT2D eigenvalue weighted by Crippen LogP contribution is 2.29. The van der Waals surface area contributed by atoms with Gasteiger partial charge < -0.3 is 14.4 Å². The molecule has 3 rings (SSSR count). The van der Waals surface area contributed by atoms with Crippen LogP contribution in [0.4, 0.5) is 0 Å². The number of benzene rings is 2. The third kappa shape index (κ3) is 2.63. The molecular formula is C14H13BO3S. The van der Waals surface area contributed by atoms with Gasteiger partial charge in [-0.1, -0.05) is 17.8 Å². The molecule has 19 heavy (non-hydrogen) atoms. The smallest absolute Gasteiger partial charge is 0.491 e. The number of methoxy groups -OCH3 is 1. The zero-order valence-corrected chi connectivity index (χ0v) is 11.3. The average Bonchev–Trinajstić information content (AvgIpc) is 2.81. The Balaban J connectivity index is 1.81. The van der Waals surface area contributed by atoms with E-state index in [1.807, 2.05) is 36.4 Å². The molecule has 1 N–H and O–H groups in total. The predicted molar refractivity (Wildman–Crippen MR) is 76.0 cm³/mol. The maximum Gasteiger partial charge on any atom is 0.491 e. The molecule has 0 saturated carbocycles. The second-order valence-electron chi connectivity index (χ2n) is 4.30. The first-order chi connectivity index (χ1) is 9.26. The van der Waals surface area contributed by atoms with Gasteiger partial charge in [0.1, 0.15) is 5.75 Å². The van der Waals surface area contributed by atoms with Gasteiger partial charge in [-0.15, -0.1) is 0 Å². The lowest BCUT2D eigenvalue weighted by Crippen LogP contribution is -2.27. The largest absolute Gasteiger partial charge is 0.497 e. The first-order valence-corrected chi connectivity index (χ1v) is 6.82. The van der Waals surface area contributed by atoms with Crippen molar-refractivity contribution in [2.75, 3.05) is 7.11 Å². The second kappa shape index (κ2) is 5.29. The molecule has 0 spiro atoms. The Hall–Kier alpha value is -1.43. The van der Waals surface area contributed by atoms with Crippen molar-refractivity contribution >= 4 is 24.3 Å². The van der Waals surface area contributed by atoms with Crippen molar-refractivity contribution in [3.8, 4) is 5.75 Å². The van der Waals surface area contributed by atoms with Gasteiger partial charge in [0.25, 0.3) is 0 Å². The molecule has 2 aromatic carbocycles. The highest BCUT2D eigenvalue weighted by molar-refractivity contribution is 7.99. The molecule has 2 aromatic rings. The molecule has 1 heterocycles. The minimum absolute atomic E-state index is 0.490. The van der Waals surface area contributed by atoms with Gasteiger partial charge >= 0.3 is 7.12 Å². The maximum atomic E-state index is 9.69. The summed E-state index contributed by atoms with van der Waals surface area (Å²) in [4.78, 5) is 2.22. The van der Waals surface area contributed by atoms with Crippen molar-refractivity contribution in [3.63, 3.8) is 0 Å². The van der Waals surface area contributed by atoms with Crippen LogP contribution in [0.3, 0.4) is 0 Å². The van der Waals surface area contributed by atoms with Crippen molar-refractivity contribution in [3.05, 3.63) is 48.0 Å². The summed E-state index contributed by atoms with van der Waals surface area (Å²) < 4.78 is 10.3. The Labute approximate surface area is 116 Å². The summed E-state index contributed by atoms with van der Waals surface area (Å²) >= 11 is 1.65. The highest BCUT2D eigenvalue weighted by Gasteiger charge is 2.27. The molecule has 0 radical (unpaired) electrons. The van der Waals surface area contributed by atoms with E-state index in [0.29, 0.717) is 6.61 Å². The zero-order chi connectivity index (χ0) is 13.2. The first-order valence-electron chi connectivity index (χ1n) is 6.00. The van der Waals surface area contributed by atoms with E-state index in [9.17, 15) is 5.02 Å². The van der Waals surface area contributed by atoms with Crippen LogP contribution in [0, 0.1) is 0 Å². The van der Waals surface area contributed by atoms with Gasteiger partial charge in [-0.25, -0.2) is 0 Å². The average molecular weight is 272 g/mol. The van der Waals surface area contributed by atoms with E-state index in [1.165, 1.54) is 0 Å². The molecule has 1 aliphatic heterocycles. The lowest BCUT2D eigenvalue weighted by molar-refractivity contribution is 0.275. The Bertz CT molecular complexity index is 586. The third-order valence-corrected chi connectivity index (χ3v) is 4.07. The number of hydrogen-bond donors (Lipinski definition) is 1. The zero-order valence-electron chi connectivity index (χ0n) is 10.5. The van der Waals surface area contributed by atoms with E-state index in [0.717, 1.165) is 26.6 Å². The summed E-state index contributed by atoms with van der Waals surface area (Å²) in [6.07, 6.45) is 0. The molecule has 0 saturated heterocycles. The first kappa shape index (κ1) is 12.6. The molecule has 0 unspecified atom stereocenters. The summed E-state index contributed by atoms with van der Waals surface area (Å²) in [5, 5.41) is 9.69. The van der Waals surface area contributed by atoms with Crippen molar-refractivity contribution < 1.29 is 14.4 Å². The van der Waals surface area contributed by atoms with Crippen LogP contribution < -0.4 is 10.2 Å². The number of ether oxygens (including phenoxy) is 1. The molecule has 0 bridgehead atoms. The fourth-order valence-corrected chi connectivity index (χ4v) is 2.90. The van der Waals surface area contributed by atoms with Crippen LogP contribution in [0.25, 0.3) is 0 Å². The summed E-state index contributed by atoms with van der Waals surface area (Å²) in [7, 11) is 0.871. The number of hydrogen-bond acceptors (Lipinski definition) is 4. The summed E-state index contributed by atoms with van der Waals surface area (Å²) in [6, 6.07) is 14.0. The summed E-state index contributed by atoms with van der Waals surface area (Å²) in [5.41, 5.74) is 1.94. The van der Waals surface area contributed by atoms with E-state index < -0.39 is 7.12 Å². The monoisotopic (exact) mass is 272 g/mol. The standard InChI is InChI=1S/C14H13BO3S/c1-17-11-3-6-12(7-4-11)19-13-5-2-10-9-18-15(16)14(10)8-13/h2-8,16H,9H2,1H3. The van der Waals surface area contributed by atoms with Crippen LogP contribution in [-0.4, -0.2) is 19.3 Å². The van der Waals surface area contributed by atoms with Crippen molar-refractivity contribution in [1.29, 1.82) is 0 Å². The molecule has 0 atom stereocenters. The molecule has 5 heteroatoms. The van der Waals surface area contributed by atoms with E-state index in [-0.39, 0.29) is 0 Å². The molecule has 3 nitrogen and oxygen atoms in total. The quantitative estimate of drug-likeness (QED) is 0.868. The van der Waals surface area contributed by atoms with Crippen molar-refractivity contribution in [1.82, 2.24) is 0 Å². The maximum absolute atomic E-state index is 9.69. The van der Waals surface area contributed by atoms with Gasteiger partial charge in [-0.3, -0.25) is 0 Å². The van der Waals surface area contributed by atoms with Crippen molar-refractivity contribution in [2.45, 2.75) is 16.4 Å². The van der Waals surface area contributed by atoms with Crippen LogP contribution in [0.5, 0.6) is 5.75 Å². The molecule has 0 amide bonds. The van der Waals surface area contributed by atoms with Gasteiger partial charge in [-0.2, -0.15) is 0 Å². The summed E-state index contributed by atoms with van der Waals surface area (Å²) in [5.74, 6) is 0.849. The van der Waals surface area contributed by atoms with Gasteiger partial charge in [0.15, 0.2) is 0 Å². The summed E-state index contributed by atoms with van der Waals surface area (Å²) in [6.45, 7) is 0.490. The van der Waals surface area contributed by atoms with Crippen LogP contribution >= 0.6 is 11.8 Å². The van der Waals surface area contributed by atoms with Crippen LogP contribution in [0.15, 0.2) is 52.3 Å². The van der Waals surface area contributed by atoms with Crippen LogP contribution in [0.1, 0.15) is 5.56 Å². The predicted octanol–water partition coefficient (Wildman–Crippen LogP) is 2.06. The molecular weight excluding hydrogens is 259 g/mol. The lowest BCUT2D eigenvalue weighted by Gasteiger charge is -2.05. The normalized spacial score (nSPS) is 13.5. The topological polar surface area (TPSA) is 38.7 Å². The van der Waals surface area contributed by atoms with E-state index in [2.05, 4.69) is 6.07 Å². The highest BCUT2D eigenvalue weighted by atomic mass is 32.2. The Morgan fingerprint density at radius 2 is 1.89 bits per heavy atom. The SMILES string of the molecule is COc1ccc(Sc2ccc3c(c2)B(O)OC3)cc1. The van der Waals surface area contributed by atoms with Gasteiger partial charge in [-0.05, 0) is 47.4 Å². The van der Waals surface area contributed by atoms with E-state index in [4.69, 9.17) is 9.39 Å². The van der Waals surface area contributed by atoms with Gasteiger partial charge in [0.05, 0.1) is 13.7 Å². The Morgan fingerprint density at radius 3 is 2.63 bits per heavy atom. The molecule has 0 fully saturated rings. The minimum atomic E-state index is -0.786. The lowest BCUT2D eigenvalue weighted by atomic mass is 9.80. The second-order valence-corrected chi connectivity index (χ2v) is 5.45. The molecule has 0 aromatic heterocycles.